The zero-order chi connectivity index (χ0) is 26.5. The second kappa shape index (κ2) is 10.9. The molecule has 3 aromatic carbocycles. The SMILES string of the molecule is COc1ccc(NC(=O)Nc2cccc3nc(-c4c(NCC(O)c5ccccc5)cc[nH]c4=O)[nH]c23)cc1. The fourth-order valence-electron chi connectivity index (χ4n) is 4.07. The highest BCUT2D eigenvalue weighted by Gasteiger charge is 2.17. The predicted molar refractivity (Wildman–Crippen MR) is 148 cm³/mol. The number of H-pyrrole nitrogens is 2. The molecule has 0 radical (unpaired) electrons. The van der Waals surface area contributed by atoms with Gasteiger partial charge in [0.15, 0.2) is 0 Å². The van der Waals surface area contributed by atoms with Crippen LogP contribution in [0.4, 0.5) is 21.9 Å². The van der Waals surface area contributed by atoms with Crippen molar-refractivity contribution in [3.8, 4) is 17.1 Å². The Morgan fingerprint density at radius 1 is 0.974 bits per heavy atom. The van der Waals surface area contributed by atoms with E-state index in [0.29, 0.717) is 39.7 Å². The number of ether oxygens (including phenoxy) is 1. The summed E-state index contributed by atoms with van der Waals surface area (Å²) < 4.78 is 5.14. The zero-order valence-corrected chi connectivity index (χ0v) is 20.5. The number of rotatable bonds is 8. The van der Waals surface area contributed by atoms with Gasteiger partial charge in [-0.2, -0.15) is 0 Å². The van der Waals surface area contributed by atoms with Gasteiger partial charge in [0, 0.05) is 18.4 Å². The highest BCUT2D eigenvalue weighted by Crippen LogP contribution is 2.28. The van der Waals surface area contributed by atoms with Gasteiger partial charge < -0.3 is 35.8 Å². The summed E-state index contributed by atoms with van der Waals surface area (Å²) in [5.74, 6) is 1.01. The van der Waals surface area contributed by atoms with Crippen LogP contribution >= 0.6 is 0 Å². The maximum absolute atomic E-state index is 12.8. The van der Waals surface area contributed by atoms with Gasteiger partial charge in [-0.1, -0.05) is 36.4 Å². The first kappa shape index (κ1) is 24.6. The molecule has 0 saturated heterocycles. The Morgan fingerprint density at radius 3 is 2.53 bits per heavy atom. The third-order valence-corrected chi connectivity index (χ3v) is 5.98. The molecule has 0 aliphatic heterocycles. The van der Waals surface area contributed by atoms with E-state index in [1.54, 1.807) is 55.6 Å². The molecule has 0 fully saturated rings. The molecule has 0 bridgehead atoms. The van der Waals surface area contributed by atoms with Crippen LogP contribution in [-0.2, 0) is 0 Å². The van der Waals surface area contributed by atoms with Crippen LogP contribution in [0.5, 0.6) is 5.75 Å². The van der Waals surface area contributed by atoms with E-state index in [4.69, 9.17) is 4.74 Å². The Bertz CT molecular complexity index is 1610. The third-order valence-electron chi connectivity index (χ3n) is 5.98. The number of fused-ring (bicyclic) bond motifs is 1. The van der Waals surface area contributed by atoms with Crippen molar-refractivity contribution in [2.24, 2.45) is 0 Å². The van der Waals surface area contributed by atoms with E-state index in [9.17, 15) is 14.7 Å². The fraction of sp³-hybridized carbons (Fsp3) is 0.107. The van der Waals surface area contributed by atoms with Gasteiger partial charge in [-0.05, 0) is 48.0 Å². The number of nitrogens with one attached hydrogen (secondary N) is 5. The first-order chi connectivity index (χ1) is 18.5. The molecule has 192 valence electrons. The van der Waals surface area contributed by atoms with Gasteiger partial charge in [-0.25, -0.2) is 9.78 Å². The fourth-order valence-corrected chi connectivity index (χ4v) is 4.07. The molecule has 0 aliphatic carbocycles. The van der Waals surface area contributed by atoms with Gasteiger partial charge >= 0.3 is 6.03 Å². The van der Waals surface area contributed by atoms with E-state index < -0.39 is 12.1 Å². The summed E-state index contributed by atoms with van der Waals surface area (Å²) >= 11 is 0. The van der Waals surface area contributed by atoms with Gasteiger partial charge in [0.25, 0.3) is 5.56 Å². The summed E-state index contributed by atoms with van der Waals surface area (Å²) in [5.41, 5.74) is 3.44. The molecule has 2 aromatic heterocycles. The number of urea groups is 1. The van der Waals surface area contributed by atoms with Crippen molar-refractivity contribution in [2.75, 3.05) is 29.6 Å². The molecule has 1 unspecified atom stereocenters. The lowest BCUT2D eigenvalue weighted by atomic mass is 10.1. The van der Waals surface area contributed by atoms with Gasteiger partial charge in [0.1, 0.15) is 17.1 Å². The number of hydrogen-bond acceptors (Lipinski definition) is 6. The first-order valence-electron chi connectivity index (χ1n) is 11.9. The van der Waals surface area contributed by atoms with Crippen LogP contribution in [0.1, 0.15) is 11.7 Å². The zero-order valence-electron chi connectivity index (χ0n) is 20.5. The van der Waals surface area contributed by atoms with Crippen LogP contribution in [-0.4, -0.2) is 39.7 Å². The van der Waals surface area contributed by atoms with Gasteiger partial charge in [-0.15, -0.1) is 0 Å². The van der Waals surface area contributed by atoms with Crippen LogP contribution in [0.25, 0.3) is 22.4 Å². The average Bonchev–Trinajstić information content (AvgIpc) is 3.37. The van der Waals surface area contributed by atoms with E-state index in [1.807, 2.05) is 30.3 Å². The molecular formula is C28H26N6O4. The number of imidazole rings is 1. The minimum absolute atomic E-state index is 0.193. The topological polar surface area (TPSA) is 144 Å². The molecule has 38 heavy (non-hydrogen) atoms. The summed E-state index contributed by atoms with van der Waals surface area (Å²) in [5, 5.41) is 19.3. The smallest absolute Gasteiger partial charge is 0.323 e. The third kappa shape index (κ3) is 5.35. The second-order valence-corrected chi connectivity index (χ2v) is 8.50. The number of aliphatic hydroxyl groups excluding tert-OH is 1. The number of carbonyl (C=O) groups is 1. The summed E-state index contributed by atoms with van der Waals surface area (Å²) in [6, 6.07) is 22.8. The highest BCUT2D eigenvalue weighted by atomic mass is 16.5. The number of para-hydroxylation sites is 1. The summed E-state index contributed by atoms with van der Waals surface area (Å²) in [4.78, 5) is 35.9. The highest BCUT2D eigenvalue weighted by molar-refractivity contribution is 6.05. The van der Waals surface area contributed by atoms with Crippen LogP contribution in [0.15, 0.2) is 89.9 Å². The number of aliphatic hydroxyl groups is 1. The molecule has 10 nitrogen and oxygen atoms in total. The van der Waals surface area contributed by atoms with Crippen molar-refractivity contribution in [2.45, 2.75) is 6.10 Å². The monoisotopic (exact) mass is 510 g/mol. The van der Waals surface area contributed by atoms with Crippen molar-refractivity contribution < 1.29 is 14.6 Å². The molecular weight excluding hydrogens is 484 g/mol. The normalized spacial score (nSPS) is 11.6. The van der Waals surface area contributed by atoms with Gasteiger partial charge in [0.2, 0.25) is 0 Å². The number of amides is 2. The Balaban J connectivity index is 1.38. The Kier molecular flexibility index (Phi) is 7.05. The number of aromatic amines is 2. The molecule has 5 rings (SSSR count). The Hall–Kier alpha value is -5.09. The number of carbonyl (C=O) groups excluding carboxylic acids is 1. The Morgan fingerprint density at radius 2 is 1.76 bits per heavy atom. The number of pyridine rings is 1. The Labute approximate surface area is 217 Å². The van der Waals surface area contributed by atoms with Crippen molar-refractivity contribution in [1.29, 1.82) is 0 Å². The number of anilines is 3. The molecule has 10 heteroatoms. The number of methoxy groups -OCH3 is 1. The summed E-state index contributed by atoms with van der Waals surface area (Å²) in [6.07, 6.45) is 0.765. The largest absolute Gasteiger partial charge is 0.497 e. The minimum atomic E-state index is -0.765. The van der Waals surface area contributed by atoms with Crippen LogP contribution < -0.4 is 26.2 Å². The van der Waals surface area contributed by atoms with E-state index in [1.165, 1.54) is 6.20 Å². The molecule has 6 N–H and O–H groups in total. The molecule has 2 heterocycles. The van der Waals surface area contributed by atoms with Crippen molar-refractivity contribution in [1.82, 2.24) is 15.0 Å². The molecule has 0 saturated carbocycles. The number of nitrogens with zero attached hydrogens (tertiary/aromatic N) is 1. The lowest BCUT2D eigenvalue weighted by Gasteiger charge is -2.14. The molecule has 5 aromatic rings. The van der Waals surface area contributed by atoms with Gasteiger partial charge in [0.05, 0.1) is 35.6 Å². The minimum Gasteiger partial charge on any atom is -0.497 e. The second-order valence-electron chi connectivity index (χ2n) is 8.50. The number of aromatic nitrogens is 3. The van der Waals surface area contributed by atoms with Crippen LogP contribution in [0.3, 0.4) is 0 Å². The lowest BCUT2D eigenvalue weighted by Crippen LogP contribution is -2.19. The maximum Gasteiger partial charge on any atom is 0.323 e. The van der Waals surface area contributed by atoms with Crippen molar-refractivity contribution in [3.63, 3.8) is 0 Å². The number of hydrogen-bond donors (Lipinski definition) is 6. The molecule has 0 spiro atoms. The van der Waals surface area contributed by atoms with Crippen LogP contribution in [0.2, 0.25) is 0 Å². The molecule has 2 amide bonds. The van der Waals surface area contributed by atoms with Gasteiger partial charge in [-0.3, -0.25) is 4.79 Å². The molecule has 1 atom stereocenters. The lowest BCUT2D eigenvalue weighted by molar-refractivity contribution is 0.191. The van der Waals surface area contributed by atoms with E-state index in [-0.39, 0.29) is 17.7 Å². The average molecular weight is 511 g/mol. The first-order valence-corrected chi connectivity index (χ1v) is 11.9. The maximum atomic E-state index is 12.8. The van der Waals surface area contributed by atoms with Crippen molar-refractivity contribution in [3.05, 3.63) is 101 Å². The van der Waals surface area contributed by atoms with E-state index >= 15 is 0 Å². The van der Waals surface area contributed by atoms with E-state index in [0.717, 1.165) is 5.56 Å². The van der Waals surface area contributed by atoms with Crippen molar-refractivity contribution >= 4 is 34.1 Å². The molecule has 0 aliphatic rings. The number of benzene rings is 3. The standard InChI is InChI=1S/C28H26N6O4/c1-38-19-12-10-18(11-13-19)31-28(37)33-22-9-5-8-21-25(22)34-26(32-21)24-20(14-15-29-27(24)36)30-16-23(35)17-6-3-2-4-7-17/h2-15,23,35H,16H2,1H3,(H,32,34)(H2,29,30,36)(H2,31,33,37). The van der Waals surface area contributed by atoms with Crippen LogP contribution in [0, 0.1) is 0 Å². The quantitative estimate of drug-likeness (QED) is 0.178. The predicted octanol–water partition coefficient (Wildman–Crippen LogP) is 4.72. The summed E-state index contributed by atoms with van der Waals surface area (Å²) in [6.45, 7) is 0.193. The summed E-state index contributed by atoms with van der Waals surface area (Å²) in [7, 11) is 1.57. The van der Waals surface area contributed by atoms with E-state index in [2.05, 4.69) is 30.9 Å².